The number of rotatable bonds is 12. The first-order valence-electron chi connectivity index (χ1n) is 13.2. The van der Waals surface area contributed by atoms with E-state index in [1.807, 2.05) is 13.8 Å². The third kappa shape index (κ3) is 6.96. The van der Waals surface area contributed by atoms with Crippen LogP contribution in [0, 0.1) is 0 Å². The topological polar surface area (TPSA) is 194 Å². The summed E-state index contributed by atoms with van der Waals surface area (Å²) in [5, 5.41) is 9.30. The number of para-hydroxylation sites is 2. The smallest absolute Gasteiger partial charge is 0.280 e. The fraction of sp³-hybridized carbons (Fsp3) is 0.259. The molecule has 1 aliphatic heterocycles. The molecule has 0 atom stereocenters. The third-order valence-electron chi connectivity index (χ3n) is 6.21. The molecule has 0 bridgehead atoms. The second kappa shape index (κ2) is 13.2. The number of aliphatic hydroxyl groups is 1. The van der Waals surface area contributed by atoms with Gasteiger partial charge in [-0.25, -0.2) is 20.8 Å². The highest BCUT2D eigenvalue weighted by atomic mass is 32.2. The van der Waals surface area contributed by atoms with Crippen LogP contribution in [-0.4, -0.2) is 53.8 Å². The highest BCUT2D eigenvalue weighted by molar-refractivity contribution is 7.92. The molecule has 0 amide bonds. The van der Waals surface area contributed by atoms with Crippen LogP contribution in [0.4, 0.5) is 5.82 Å². The van der Waals surface area contributed by atoms with Crippen LogP contribution in [0.3, 0.4) is 0 Å². The number of ether oxygens (including phenoxy) is 3. The summed E-state index contributed by atoms with van der Waals surface area (Å²) < 4.78 is 46.9. The fourth-order valence-electron chi connectivity index (χ4n) is 3.99. The van der Waals surface area contributed by atoms with E-state index in [1.165, 1.54) is 19.4 Å². The van der Waals surface area contributed by atoms with E-state index >= 15 is 0 Å². The van der Waals surface area contributed by atoms with Gasteiger partial charge in [0, 0.05) is 18.0 Å². The lowest BCUT2D eigenvalue weighted by molar-refractivity contribution is 0.192. The molecule has 16 heteroatoms. The second-order valence-electron chi connectivity index (χ2n) is 9.49. The molecule has 15 nitrogen and oxygen atoms in total. The van der Waals surface area contributed by atoms with Gasteiger partial charge < -0.3 is 19.3 Å². The number of hydrogen-bond donors (Lipinski definition) is 6. The summed E-state index contributed by atoms with van der Waals surface area (Å²) in [6.07, 6.45) is 2.70. The van der Waals surface area contributed by atoms with E-state index < -0.39 is 10.0 Å². The molecule has 5 rings (SSSR count). The molecule has 0 unspecified atom stereocenters. The first-order chi connectivity index (χ1) is 20.8. The zero-order chi connectivity index (χ0) is 30.4. The largest absolute Gasteiger partial charge is 0.493 e. The Bertz CT molecular complexity index is 1670. The van der Waals surface area contributed by atoms with E-state index in [1.54, 1.807) is 48.7 Å². The molecular weight excluding hydrogens is 578 g/mol. The van der Waals surface area contributed by atoms with E-state index in [2.05, 4.69) is 46.6 Å². The summed E-state index contributed by atoms with van der Waals surface area (Å²) in [4.78, 5) is 17.6. The van der Waals surface area contributed by atoms with Crippen molar-refractivity contribution in [2.24, 2.45) is 0 Å². The number of anilines is 1. The number of hydrazine groups is 3. The Morgan fingerprint density at radius 3 is 2.47 bits per heavy atom. The Morgan fingerprint density at radius 2 is 1.79 bits per heavy atom. The summed E-state index contributed by atoms with van der Waals surface area (Å²) in [7, 11) is -2.79. The zero-order valence-electron chi connectivity index (χ0n) is 23.5. The van der Waals surface area contributed by atoms with Gasteiger partial charge >= 0.3 is 0 Å². The number of benzene rings is 1. The van der Waals surface area contributed by atoms with E-state index in [-0.39, 0.29) is 59.3 Å². The van der Waals surface area contributed by atoms with Crippen molar-refractivity contribution in [1.29, 1.82) is 0 Å². The van der Waals surface area contributed by atoms with Crippen LogP contribution in [0.1, 0.15) is 37.2 Å². The van der Waals surface area contributed by atoms with E-state index in [9.17, 15) is 13.5 Å². The number of nitrogens with one attached hydrogen (secondary N) is 5. The number of methoxy groups -OCH3 is 1. The molecule has 0 aliphatic carbocycles. The third-order valence-corrected chi connectivity index (χ3v) is 7.46. The van der Waals surface area contributed by atoms with Crippen LogP contribution >= 0.6 is 0 Å². The van der Waals surface area contributed by atoms with Gasteiger partial charge in [-0.3, -0.25) is 9.71 Å². The lowest BCUT2D eigenvalue weighted by atomic mass is 10.1. The van der Waals surface area contributed by atoms with Gasteiger partial charge in [0.15, 0.2) is 28.2 Å². The molecule has 6 N–H and O–H groups in total. The summed E-state index contributed by atoms with van der Waals surface area (Å²) in [5.41, 5.74) is 13.3. The molecule has 226 valence electrons. The van der Waals surface area contributed by atoms with Crippen molar-refractivity contribution >= 4 is 15.8 Å². The molecule has 1 aromatic carbocycles. The molecule has 0 saturated carbocycles. The second-order valence-corrected chi connectivity index (χ2v) is 11.1. The van der Waals surface area contributed by atoms with Gasteiger partial charge in [0.2, 0.25) is 5.75 Å². The summed E-state index contributed by atoms with van der Waals surface area (Å²) in [5.74, 6) is 0.397. The van der Waals surface area contributed by atoms with Gasteiger partial charge in [-0.1, -0.05) is 32.0 Å². The van der Waals surface area contributed by atoms with Crippen molar-refractivity contribution in [3.63, 3.8) is 0 Å². The van der Waals surface area contributed by atoms with Crippen LogP contribution in [0.5, 0.6) is 23.1 Å². The molecule has 1 fully saturated rings. The van der Waals surface area contributed by atoms with Crippen molar-refractivity contribution in [2.45, 2.75) is 31.0 Å². The minimum Gasteiger partial charge on any atom is -0.493 e. The highest BCUT2D eigenvalue weighted by Gasteiger charge is 2.27. The van der Waals surface area contributed by atoms with Crippen molar-refractivity contribution < 1.29 is 27.7 Å². The quantitative estimate of drug-likeness (QED) is 0.137. The van der Waals surface area contributed by atoms with Crippen molar-refractivity contribution in [3.05, 3.63) is 72.2 Å². The van der Waals surface area contributed by atoms with Gasteiger partial charge in [-0.2, -0.15) is 24.5 Å². The van der Waals surface area contributed by atoms with Crippen molar-refractivity contribution in [3.8, 4) is 34.5 Å². The SMILES string of the molecule is COc1ccccc1Oc1c(NS(=O)(=O)c2ccc(C(C)C)cn2)nc(-c2ccnc(C3NNNN3)c2)nc1OCCO. The Morgan fingerprint density at radius 1 is 1.02 bits per heavy atom. The lowest BCUT2D eigenvalue weighted by Crippen LogP contribution is -2.33. The molecule has 0 spiro atoms. The molecule has 3 aromatic heterocycles. The lowest BCUT2D eigenvalue weighted by Gasteiger charge is -2.18. The Kier molecular flexibility index (Phi) is 9.24. The standard InChI is InChI=1S/C27H31N9O6S/c1-16(2)18-8-9-22(29-15-18)43(38,39)34-26-23(42-21-7-5-4-6-20(21)40-3)27(41-13-12-37)31-24(30-26)17-10-11-28-19(14-17)25-32-35-36-33-25/h4-11,14-16,25,32-33,35-37H,12-13H2,1-3H3,(H,30,31,34). The van der Waals surface area contributed by atoms with Crippen LogP contribution < -0.4 is 40.9 Å². The highest BCUT2D eigenvalue weighted by Crippen LogP contribution is 2.41. The average Bonchev–Trinajstić information content (AvgIpc) is 3.57. The minimum absolute atomic E-state index is 0.101. The fourth-order valence-corrected chi connectivity index (χ4v) is 4.93. The Balaban J connectivity index is 1.63. The summed E-state index contributed by atoms with van der Waals surface area (Å²) in [6.45, 7) is 3.48. The summed E-state index contributed by atoms with van der Waals surface area (Å²) in [6, 6.07) is 13.3. The Hall–Kier alpha value is -4.45. The Labute approximate surface area is 248 Å². The number of aliphatic hydroxyl groups excluding tert-OH is 1. The monoisotopic (exact) mass is 609 g/mol. The number of nitrogens with zero attached hydrogens (tertiary/aromatic N) is 4. The van der Waals surface area contributed by atoms with Crippen LogP contribution in [-0.2, 0) is 10.0 Å². The maximum Gasteiger partial charge on any atom is 0.280 e. The van der Waals surface area contributed by atoms with Crippen LogP contribution in [0.25, 0.3) is 11.4 Å². The van der Waals surface area contributed by atoms with Crippen molar-refractivity contribution in [1.82, 2.24) is 41.9 Å². The predicted octanol–water partition coefficient (Wildman–Crippen LogP) is 2.15. The van der Waals surface area contributed by atoms with Gasteiger partial charge in [-0.15, -0.1) is 0 Å². The molecule has 0 radical (unpaired) electrons. The van der Waals surface area contributed by atoms with Gasteiger partial charge in [0.25, 0.3) is 15.9 Å². The first kappa shape index (κ1) is 30.0. The molecule has 4 heterocycles. The number of sulfonamides is 1. The predicted molar refractivity (Wildman–Crippen MR) is 155 cm³/mol. The van der Waals surface area contributed by atoms with Gasteiger partial charge in [0.05, 0.1) is 19.4 Å². The summed E-state index contributed by atoms with van der Waals surface area (Å²) >= 11 is 0. The maximum atomic E-state index is 13.6. The molecular formula is C27H31N9O6S. The number of aromatic nitrogens is 4. The average molecular weight is 610 g/mol. The molecule has 43 heavy (non-hydrogen) atoms. The molecule has 1 saturated heterocycles. The van der Waals surface area contributed by atoms with E-state index in [0.29, 0.717) is 17.0 Å². The minimum atomic E-state index is -4.26. The van der Waals surface area contributed by atoms with Crippen LogP contribution in [0.2, 0.25) is 0 Å². The zero-order valence-corrected chi connectivity index (χ0v) is 24.3. The number of hydrogen-bond acceptors (Lipinski definition) is 14. The molecule has 4 aromatic rings. The maximum absolute atomic E-state index is 13.6. The van der Waals surface area contributed by atoms with Crippen molar-refractivity contribution in [2.75, 3.05) is 25.0 Å². The van der Waals surface area contributed by atoms with Gasteiger partial charge in [0.1, 0.15) is 12.8 Å². The van der Waals surface area contributed by atoms with Crippen LogP contribution in [0.15, 0.2) is 66.0 Å². The first-order valence-corrected chi connectivity index (χ1v) is 14.7. The number of pyridine rings is 2. The van der Waals surface area contributed by atoms with Gasteiger partial charge in [-0.05, 0) is 41.8 Å². The molecule has 1 aliphatic rings. The van der Waals surface area contributed by atoms with E-state index in [0.717, 1.165) is 5.56 Å². The van der Waals surface area contributed by atoms with E-state index in [4.69, 9.17) is 14.2 Å². The normalized spacial score (nSPS) is 13.7.